The van der Waals surface area contributed by atoms with Gasteiger partial charge in [-0.1, -0.05) is 48.5 Å². The van der Waals surface area contributed by atoms with Crippen molar-refractivity contribution in [3.63, 3.8) is 0 Å². The first-order chi connectivity index (χ1) is 16.9. The second-order valence-electron chi connectivity index (χ2n) is 8.86. The third-order valence-corrected chi connectivity index (χ3v) is 7.57. The fourth-order valence-corrected chi connectivity index (χ4v) is 5.50. The molecule has 0 unspecified atom stereocenters. The van der Waals surface area contributed by atoms with Gasteiger partial charge in [0.25, 0.3) is 0 Å². The maximum absolute atomic E-state index is 12.7. The molecule has 1 saturated carbocycles. The molecule has 0 spiro atoms. The van der Waals surface area contributed by atoms with Gasteiger partial charge in [0.1, 0.15) is 12.1 Å². The van der Waals surface area contributed by atoms with Crippen molar-refractivity contribution in [1.82, 2.24) is 15.6 Å². The van der Waals surface area contributed by atoms with Crippen LogP contribution in [0.2, 0.25) is 0 Å². The van der Waals surface area contributed by atoms with Gasteiger partial charge < -0.3 is 20.5 Å². The second-order valence-corrected chi connectivity index (χ2v) is 10.1. The lowest BCUT2D eigenvalue weighted by molar-refractivity contribution is -0.124. The van der Waals surface area contributed by atoms with Gasteiger partial charge in [-0.25, -0.2) is 14.6 Å². The number of nitrogens with one attached hydrogen (secondary N) is 2. The number of alkyl carbamates (subject to hydrolysis) is 1. The molecule has 0 atom stereocenters. The summed E-state index contributed by atoms with van der Waals surface area (Å²) >= 11 is 1.30. The largest absolute Gasteiger partial charge is 0.476 e. The van der Waals surface area contributed by atoms with E-state index in [2.05, 4.69) is 39.9 Å². The molecular formula is C26H25N3O5S. The fraction of sp³-hybridized carbons (Fsp3) is 0.308. The molecule has 2 aliphatic rings. The van der Waals surface area contributed by atoms with Gasteiger partial charge in [-0.05, 0) is 42.0 Å². The Morgan fingerprint density at radius 2 is 1.71 bits per heavy atom. The maximum atomic E-state index is 12.7. The van der Waals surface area contributed by atoms with E-state index in [1.807, 2.05) is 24.3 Å². The Kier molecular flexibility index (Phi) is 6.02. The van der Waals surface area contributed by atoms with Crippen molar-refractivity contribution in [2.45, 2.75) is 37.6 Å². The molecule has 1 heterocycles. The van der Waals surface area contributed by atoms with Gasteiger partial charge in [-0.15, -0.1) is 11.3 Å². The number of aromatic nitrogens is 1. The quantitative estimate of drug-likeness (QED) is 0.440. The standard InChI is InChI=1S/C26H25N3O5S/c1-15-22(23(30)31)28-21(35-15)10-13-27-24(32)26(11-12-26)29-25(33)34-14-20-18-8-4-2-6-16(18)17-7-3-5-9-19(17)20/h2-9,20H,10-14H2,1H3,(H,27,32)(H,29,33)(H,30,31). The van der Waals surface area contributed by atoms with E-state index in [1.165, 1.54) is 11.3 Å². The molecule has 0 aliphatic heterocycles. The van der Waals surface area contributed by atoms with Crippen LogP contribution in [-0.4, -0.2) is 46.8 Å². The van der Waals surface area contributed by atoms with Crippen LogP contribution < -0.4 is 10.6 Å². The smallest absolute Gasteiger partial charge is 0.408 e. The van der Waals surface area contributed by atoms with Crippen molar-refractivity contribution in [2.24, 2.45) is 0 Å². The van der Waals surface area contributed by atoms with Crippen LogP contribution in [-0.2, 0) is 16.0 Å². The Balaban J connectivity index is 1.14. The number of ether oxygens (including phenoxy) is 1. The predicted molar refractivity (Wildman–Crippen MR) is 131 cm³/mol. The van der Waals surface area contributed by atoms with Gasteiger partial charge in [0.2, 0.25) is 5.91 Å². The van der Waals surface area contributed by atoms with Gasteiger partial charge in [0.05, 0.1) is 5.01 Å². The first kappa shape index (κ1) is 23.0. The first-order valence-electron chi connectivity index (χ1n) is 11.5. The third-order valence-electron chi connectivity index (χ3n) is 6.54. The monoisotopic (exact) mass is 491 g/mol. The lowest BCUT2D eigenvalue weighted by atomic mass is 9.98. The molecule has 0 radical (unpaired) electrons. The van der Waals surface area contributed by atoms with Crippen molar-refractivity contribution < 1.29 is 24.2 Å². The highest BCUT2D eigenvalue weighted by molar-refractivity contribution is 7.11. The van der Waals surface area contributed by atoms with E-state index in [-0.39, 0.29) is 24.1 Å². The molecule has 3 aromatic rings. The molecule has 9 heteroatoms. The minimum absolute atomic E-state index is 0.0467. The van der Waals surface area contributed by atoms with Crippen LogP contribution in [0.1, 0.15) is 50.3 Å². The van der Waals surface area contributed by atoms with Gasteiger partial charge in [0.15, 0.2) is 5.69 Å². The normalized spacial score (nSPS) is 15.1. The number of carboxylic acid groups (broad SMARTS) is 1. The number of aromatic carboxylic acids is 1. The minimum atomic E-state index is -1.06. The van der Waals surface area contributed by atoms with Gasteiger partial charge in [-0.2, -0.15) is 0 Å². The number of thiazole rings is 1. The minimum Gasteiger partial charge on any atom is -0.476 e. The number of carbonyl (C=O) groups excluding carboxylic acids is 2. The Bertz CT molecular complexity index is 1270. The number of rotatable bonds is 8. The molecular weight excluding hydrogens is 466 g/mol. The Morgan fingerprint density at radius 3 is 2.29 bits per heavy atom. The number of hydrogen-bond acceptors (Lipinski definition) is 6. The molecule has 1 aromatic heterocycles. The number of carboxylic acids is 1. The lowest BCUT2D eigenvalue weighted by Crippen LogP contribution is -2.49. The van der Waals surface area contributed by atoms with E-state index >= 15 is 0 Å². The van der Waals surface area contributed by atoms with Crippen molar-refractivity contribution in [3.05, 3.63) is 75.2 Å². The van der Waals surface area contributed by atoms with Crippen LogP contribution in [0.4, 0.5) is 4.79 Å². The van der Waals surface area contributed by atoms with Crippen LogP contribution in [0, 0.1) is 6.92 Å². The highest BCUT2D eigenvalue weighted by Crippen LogP contribution is 2.44. The zero-order valence-electron chi connectivity index (χ0n) is 19.2. The Hall–Kier alpha value is -3.72. The zero-order chi connectivity index (χ0) is 24.6. The summed E-state index contributed by atoms with van der Waals surface area (Å²) < 4.78 is 5.58. The van der Waals surface area contributed by atoms with E-state index in [4.69, 9.17) is 9.84 Å². The van der Waals surface area contributed by atoms with Crippen LogP contribution >= 0.6 is 11.3 Å². The fourth-order valence-electron chi connectivity index (χ4n) is 4.57. The van der Waals surface area contributed by atoms with Crippen LogP contribution in [0.25, 0.3) is 11.1 Å². The Morgan fingerprint density at radius 1 is 1.09 bits per heavy atom. The van der Waals surface area contributed by atoms with E-state index < -0.39 is 17.6 Å². The van der Waals surface area contributed by atoms with Crippen LogP contribution in [0.3, 0.4) is 0 Å². The highest BCUT2D eigenvalue weighted by atomic mass is 32.1. The summed E-state index contributed by atoms with van der Waals surface area (Å²) in [6, 6.07) is 16.2. The summed E-state index contributed by atoms with van der Waals surface area (Å²) in [5, 5.41) is 15.4. The number of aryl methyl sites for hydroxylation is 1. The number of nitrogens with zero attached hydrogens (tertiary/aromatic N) is 1. The topological polar surface area (TPSA) is 118 Å². The molecule has 5 rings (SSSR count). The SMILES string of the molecule is Cc1sc(CCNC(=O)C2(NC(=O)OCC3c4ccccc4-c4ccccc43)CC2)nc1C(=O)O. The molecule has 180 valence electrons. The Labute approximate surface area is 206 Å². The summed E-state index contributed by atoms with van der Waals surface area (Å²) in [6.07, 6.45) is 0.901. The van der Waals surface area contributed by atoms with Crippen molar-refractivity contribution in [1.29, 1.82) is 0 Å². The average molecular weight is 492 g/mol. The average Bonchev–Trinajstić information content (AvgIpc) is 3.42. The molecule has 0 saturated heterocycles. The molecule has 0 bridgehead atoms. The number of hydrogen-bond donors (Lipinski definition) is 3. The van der Waals surface area contributed by atoms with E-state index in [9.17, 15) is 14.4 Å². The summed E-state index contributed by atoms with van der Waals surface area (Å²) in [4.78, 5) is 41.2. The molecule has 2 aliphatic carbocycles. The second kappa shape index (κ2) is 9.14. The highest BCUT2D eigenvalue weighted by Gasteiger charge is 2.51. The van der Waals surface area contributed by atoms with Gasteiger partial charge in [0, 0.05) is 23.8 Å². The van der Waals surface area contributed by atoms with Crippen LogP contribution in [0.15, 0.2) is 48.5 Å². The van der Waals surface area contributed by atoms with Crippen molar-refractivity contribution >= 4 is 29.3 Å². The van der Waals surface area contributed by atoms with E-state index in [0.29, 0.717) is 35.7 Å². The summed E-state index contributed by atoms with van der Waals surface area (Å²) in [7, 11) is 0. The maximum Gasteiger partial charge on any atom is 0.408 e. The molecule has 1 fully saturated rings. The number of fused-ring (bicyclic) bond motifs is 3. The van der Waals surface area contributed by atoms with Crippen molar-refractivity contribution in [2.75, 3.05) is 13.2 Å². The molecule has 2 amide bonds. The predicted octanol–water partition coefficient (Wildman–Crippen LogP) is 3.88. The number of amides is 2. The first-order valence-corrected chi connectivity index (χ1v) is 12.3. The lowest BCUT2D eigenvalue weighted by Gasteiger charge is -2.19. The molecule has 2 aromatic carbocycles. The van der Waals surface area contributed by atoms with E-state index in [0.717, 1.165) is 22.3 Å². The summed E-state index contributed by atoms with van der Waals surface area (Å²) in [5.74, 6) is -1.37. The number of benzene rings is 2. The molecule has 35 heavy (non-hydrogen) atoms. The van der Waals surface area contributed by atoms with Gasteiger partial charge in [-0.3, -0.25) is 4.79 Å². The molecule has 3 N–H and O–H groups in total. The third kappa shape index (κ3) is 4.51. The summed E-state index contributed by atoms with van der Waals surface area (Å²) in [6.45, 7) is 2.20. The number of carbonyl (C=O) groups is 3. The van der Waals surface area contributed by atoms with Gasteiger partial charge >= 0.3 is 12.1 Å². The van der Waals surface area contributed by atoms with Crippen molar-refractivity contribution in [3.8, 4) is 11.1 Å². The molecule has 8 nitrogen and oxygen atoms in total. The van der Waals surface area contributed by atoms with E-state index in [1.54, 1.807) is 6.92 Å². The summed E-state index contributed by atoms with van der Waals surface area (Å²) in [5.41, 5.74) is 3.66. The van der Waals surface area contributed by atoms with Crippen LogP contribution in [0.5, 0.6) is 0 Å². The zero-order valence-corrected chi connectivity index (χ0v) is 20.0.